The SMILES string of the molecule is COC(=O)/C(C)=C/C(=N)c1cnc(-c2ccccc2)s1. The zero-order valence-electron chi connectivity index (χ0n) is 11.2. The molecule has 1 N–H and O–H groups in total. The third kappa shape index (κ3) is 3.19. The Labute approximate surface area is 121 Å². The molecule has 1 aromatic heterocycles. The van der Waals surface area contributed by atoms with E-state index in [0.29, 0.717) is 10.5 Å². The largest absolute Gasteiger partial charge is 0.466 e. The van der Waals surface area contributed by atoms with Crippen molar-refractivity contribution in [3.05, 3.63) is 53.1 Å². The van der Waals surface area contributed by atoms with E-state index in [2.05, 4.69) is 9.72 Å². The standard InChI is InChI=1S/C15H14N2O2S/c1-10(15(18)19-2)8-12(16)13-9-17-14(20-13)11-6-4-3-5-7-11/h3-9,16H,1-2H3/b10-8+,16-12?. The lowest BCUT2D eigenvalue weighted by Gasteiger charge is -1.98. The fourth-order valence-corrected chi connectivity index (χ4v) is 2.46. The number of esters is 1. The van der Waals surface area contributed by atoms with E-state index in [1.54, 1.807) is 13.1 Å². The normalized spacial score (nSPS) is 11.2. The van der Waals surface area contributed by atoms with E-state index in [1.165, 1.54) is 24.5 Å². The molecule has 0 aliphatic rings. The van der Waals surface area contributed by atoms with Crippen LogP contribution in [0.3, 0.4) is 0 Å². The minimum atomic E-state index is -0.428. The van der Waals surface area contributed by atoms with Gasteiger partial charge in [0.05, 0.1) is 17.7 Å². The molecule has 0 fully saturated rings. The van der Waals surface area contributed by atoms with Crippen molar-refractivity contribution in [2.24, 2.45) is 0 Å². The van der Waals surface area contributed by atoms with Gasteiger partial charge in [-0.05, 0) is 13.0 Å². The fraction of sp³-hybridized carbons (Fsp3) is 0.133. The summed E-state index contributed by atoms with van der Waals surface area (Å²) >= 11 is 1.42. The lowest BCUT2D eigenvalue weighted by Crippen LogP contribution is -2.04. The number of methoxy groups -OCH3 is 1. The number of allylic oxidation sites excluding steroid dienone is 1. The number of hydrogen-bond acceptors (Lipinski definition) is 5. The van der Waals surface area contributed by atoms with Gasteiger partial charge in [0, 0.05) is 17.3 Å². The van der Waals surface area contributed by atoms with Gasteiger partial charge in [0.25, 0.3) is 0 Å². The molecule has 0 bridgehead atoms. The van der Waals surface area contributed by atoms with E-state index < -0.39 is 5.97 Å². The zero-order valence-corrected chi connectivity index (χ0v) is 12.0. The summed E-state index contributed by atoms with van der Waals surface area (Å²) in [6, 6.07) is 9.79. The smallest absolute Gasteiger partial charge is 0.333 e. The molecule has 2 aromatic rings. The molecular formula is C15H14N2O2S. The minimum Gasteiger partial charge on any atom is -0.466 e. The highest BCUT2D eigenvalue weighted by atomic mass is 32.1. The van der Waals surface area contributed by atoms with Crippen LogP contribution in [-0.2, 0) is 9.53 Å². The first-order valence-corrected chi connectivity index (χ1v) is 6.80. The number of carbonyl (C=O) groups is 1. The van der Waals surface area contributed by atoms with E-state index in [1.807, 2.05) is 30.3 Å². The Kier molecular flexibility index (Phi) is 4.42. The van der Waals surface area contributed by atoms with Gasteiger partial charge >= 0.3 is 5.97 Å². The van der Waals surface area contributed by atoms with E-state index in [9.17, 15) is 4.79 Å². The maximum atomic E-state index is 11.3. The maximum Gasteiger partial charge on any atom is 0.333 e. The number of rotatable bonds is 4. The van der Waals surface area contributed by atoms with Crippen LogP contribution in [0.25, 0.3) is 10.6 Å². The predicted molar refractivity (Wildman–Crippen MR) is 80.2 cm³/mol. The van der Waals surface area contributed by atoms with E-state index in [0.717, 1.165) is 10.6 Å². The van der Waals surface area contributed by atoms with Gasteiger partial charge in [-0.2, -0.15) is 0 Å². The highest BCUT2D eigenvalue weighted by Crippen LogP contribution is 2.25. The van der Waals surface area contributed by atoms with E-state index in [4.69, 9.17) is 5.41 Å². The second-order valence-corrected chi connectivity index (χ2v) is 5.16. The first-order chi connectivity index (χ1) is 9.61. The molecule has 4 nitrogen and oxygen atoms in total. The van der Waals surface area contributed by atoms with Gasteiger partial charge in [-0.1, -0.05) is 30.3 Å². The van der Waals surface area contributed by atoms with Crippen molar-refractivity contribution >= 4 is 23.0 Å². The minimum absolute atomic E-state index is 0.257. The van der Waals surface area contributed by atoms with Crippen LogP contribution < -0.4 is 0 Å². The topological polar surface area (TPSA) is 63.0 Å². The van der Waals surface area contributed by atoms with Crippen LogP contribution in [0, 0.1) is 5.41 Å². The molecule has 102 valence electrons. The second kappa shape index (κ2) is 6.25. The molecule has 5 heteroatoms. The van der Waals surface area contributed by atoms with Gasteiger partial charge < -0.3 is 4.74 Å². The number of ether oxygens (including phenoxy) is 1. The summed E-state index contributed by atoms with van der Waals surface area (Å²) in [6.07, 6.45) is 3.14. The molecule has 0 saturated heterocycles. The van der Waals surface area contributed by atoms with Crippen molar-refractivity contribution in [1.82, 2.24) is 4.98 Å². The molecule has 0 spiro atoms. The van der Waals surface area contributed by atoms with Crippen LogP contribution in [0.5, 0.6) is 0 Å². The molecule has 0 atom stereocenters. The number of benzene rings is 1. The van der Waals surface area contributed by atoms with Crippen LogP contribution >= 0.6 is 11.3 Å². The number of thiazole rings is 1. The number of nitrogens with zero attached hydrogens (tertiary/aromatic N) is 1. The molecule has 0 saturated carbocycles. The first-order valence-electron chi connectivity index (χ1n) is 5.98. The van der Waals surface area contributed by atoms with Crippen molar-refractivity contribution in [3.63, 3.8) is 0 Å². The Hall–Kier alpha value is -2.27. The quantitative estimate of drug-likeness (QED) is 0.533. The lowest BCUT2D eigenvalue weighted by atomic mass is 10.2. The van der Waals surface area contributed by atoms with Gasteiger partial charge in [0.1, 0.15) is 5.01 Å². The van der Waals surface area contributed by atoms with E-state index in [-0.39, 0.29) is 5.71 Å². The lowest BCUT2D eigenvalue weighted by molar-refractivity contribution is -0.136. The summed E-state index contributed by atoms with van der Waals surface area (Å²) in [5, 5.41) is 8.85. The average molecular weight is 286 g/mol. The molecule has 1 heterocycles. The highest BCUT2D eigenvalue weighted by molar-refractivity contribution is 7.17. The van der Waals surface area contributed by atoms with Crippen molar-refractivity contribution < 1.29 is 9.53 Å². The summed E-state index contributed by atoms with van der Waals surface area (Å²) in [4.78, 5) is 16.3. The second-order valence-electron chi connectivity index (χ2n) is 4.13. The molecule has 2 rings (SSSR count). The van der Waals surface area contributed by atoms with Crippen LogP contribution in [0.1, 0.15) is 11.8 Å². The Morgan fingerprint density at radius 2 is 2.05 bits per heavy atom. The average Bonchev–Trinajstić information content (AvgIpc) is 2.97. The van der Waals surface area contributed by atoms with Crippen LogP contribution in [0.2, 0.25) is 0 Å². The molecule has 0 aliphatic heterocycles. The summed E-state index contributed by atoms with van der Waals surface area (Å²) in [5.74, 6) is -0.428. The highest BCUT2D eigenvalue weighted by Gasteiger charge is 2.09. The zero-order chi connectivity index (χ0) is 14.5. The Balaban J connectivity index is 2.21. The molecule has 0 amide bonds. The number of carbonyl (C=O) groups excluding carboxylic acids is 1. The third-order valence-corrected chi connectivity index (χ3v) is 3.74. The molecule has 1 aromatic carbocycles. The van der Waals surface area contributed by atoms with Crippen molar-refractivity contribution in [1.29, 1.82) is 5.41 Å². The van der Waals surface area contributed by atoms with Gasteiger partial charge in [0.15, 0.2) is 0 Å². The predicted octanol–water partition coefficient (Wildman–Crippen LogP) is 3.30. The molecule has 0 aliphatic carbocycles. The maximum absolute atomic E-state index is 11.3. The fourth-order valence-electron chi connectivity index (χ4n) is 1.62. The van der Waals surface area contributed by atoms with Crippen LogP contribution in [0.4, 0.5) is 0 Å². The van der Waals surface area contributed by atoms with Crippen LogP contribution in [0.15, 0.2) is 48.2 Å². The van der Waals surface area contributed by atoms with Crippen LogP contribution in [-0.4, -0.2) is 23.8 Å². The summed E-state index contributed by atoms with van der Waals surface area (Å²) in [5.41, 5.74) is 1.67. The monoisotopic (exact) mass is 286 g/mol. The van der Waals surface area contributed by atoms with Crippen molar-refractivity contribution in [2.75, 3.05) is 7.11 Å². The third-order valence-electron chi connectivity index (χ3n) is 2.66. The Morgan fingerprint density at radius 3 is 2.70 bits per heavy atom. The molecule has 0 unspecified atom stereocenters. The van der Waals surface area contributed by atoms with Gasteiger partial charge in [-0.3, -0.25) is 5.41 Å². The summed E-state index contributed by atoms with van der Waals surface area (Å²) in [7, 11) is 1.32. The summed E-state index contributed by atoms with van der Waals surface area (Å²) in [6.45, 7) is 1.62. The van der Waals surface area contributed by atoms with E-state index >= 15 is 0 Å². The van der Waals surface area contributed by atoms with Gasteiger partial charge in [-0.25, -0.2) is 9.78 Å². The number of hydrogen-bond donors (Lipinski definition) is 1. The Bertz CT molecular complexity index is 660. The molecule has 0 radical (unpaired) electrons. The number of nitrogens with one attached hydrogen (secondary N) is 1. The molecular weight excluding hydrogens is 272 g/mol. The van der Waals surface area contributed by atoms with Gasteiger partial charge in [-0.15, -0.1) is 11.3 Å². The van der Waals surface area contributed by atoms with Gasteiger partial charge in [0.2, 0.25) is 0 Å². The number of aromatic nitrogens is 1. The summed E-state index contributed by atoms with van der Waals surface area (Å²) < 4.78 is 4.61. The van der Waals surface area contributed by atoms with Crippen molar-refractivity contribution in [3.8, 4) is 10.6 Å². The van der Waals surface area contributed by atoms with Crippen molar-refractivity contribution in [2.45, 2.75) is 6.92 Å². The first kappa shape index (κ1) is 14.1. The molecule has 20 heavy (non-hydrogen) atoms. The Morgan fingerprint density at radius 1 is 1.35 bits per heavy atom.